The summed E-state index contributed by atoms with van der Waals surface area (Å²) < 4.78 is 0. The van der Waals surface area contributed by atoms with Crippen molar-refractivity contribution in [2.24, 2.45) is 10.9 Å². The van der Waals surface area contributed by atoms with Gasteiger partial charge in [-0.2, -0.15) is 0 Å². The van der Waals surface area contributed by atoms with E-state index in [0.717, 1.165) is 43.0 Å². The first-order chi connectivity index (χ1) is 13.2. The number of nitrogens with zero attached hydrogens (tertiary/aromatic N) is 1. The number of allylic oxidation sites excluding steroid dienone is 1. The third-order valence-electron chi connectivity index (χ3n) is 5.48. The van der Waals surface area contributed by atoms with Crippen molar-refractivity contribution in [1.82, 2.24) is 10.6 Å². The van der Waals surface area contributed by atoms with Crippen LogP contribution in [0.25, 0.3) is 0 Å². The van der Waals surface area contributed by atoms with Crippen molar-refractivity contribution in [1.29, 1.82) is 0 Å². The topological polar surface area (TPSA) is 65.5 Å². The molecule has 3 N–H and O–H groups in total. The number of benzene rings is 1. The number of amides is 1. The number of carbonyl (C=O) groups excluding carboxylic acids is 1. The van der Waals surface area contributed by atoms with Gasteiger partial charge in [0.25, 0.3) is 0 Å². The van der Waals surface area contributed by atoms with Crippen molar-refractivity contribution < 1.29 is 4.79 Å². The van der Waals surface area contributed by atoms with Crippen LogP contribution < -0.4 is 16.0 Å². The molecule has 0 aliphatic heterocycles. The molecule has 0 spiro atoms. The van der Waals surface area contributed by atoms with Gasteiger partial charge in [0.2, 0.25) is 5.91 Å². The second-order valence-electron chi connectivity index (χ2n) is 7.53. The quantitative estimate of drug-likeness (QED) is 0.224. The van der Waals surface area contributed by atoms with Crippen LogP contribution in [0.1, 0.15) is 56.9 Å². The number of aliphatic imine (C=N–C) groups is 1. The summed E-state index contributed by atoms with van der Waals surface area (Å²) in [5, 5.41) is 9.79. The lowest BCUT2D eigenvalue weighted by Crippen LogP contribution is -2.37. The summed E-state index contributed by atoms with van der Waals surface area (Å²) in [4.78, 5) is 16.4. The largest absolute Gasteiger partial charge is 0.356 e. The molecule has 0 unspecified atom stereocenters. The van der Waals surface area contributed by atoms with E-state index in [9.17, 15) is 4.79 Å². The molecule has 1 fully saturated rings. The molecule has 1 aromatic carbocycles. The number of nitrogens with one attached hydrogen (secondary N) is 3. The van der Waals surface area contributed by atoms with Gasteiger partial charge in [-0.3, -0.25) is 9.79 Å². The molecule has 3 rings (SSSR count). The van der Waals surface area contributed by atoms with Gasteiger partial charge in [-0.15, -0.1) is 24.0 Å². The number of rotatable bonds is 7. The van der Waals surface area contributed by atoms with Crippen molar-refractivity contribution >= 4 is 41.5 Å². The summed E-state index contributed by atoms with van der Waals surface area (Å²) in [5.74, 6) is 1.17. The van der Waals surface area contributed by atoms with Crippen LogP contribution >= 0.6 is 24.0 Å². The summed E-state index contributed by atoms with van der Waals surface area (Å²) in [5.41, 5.74) is 3.57. The van der Waals surface area contributed by atoms with Crippen molar-refractivity contribution in [3.05, 3.63) is 41.5 Å². The van der Waals surface area contributed by atoms with Gasteiger partial charge in [0.15, 0.2) is 5.96 Å². The van der Waals surface area contributed by atoms with E-state index in [1.807, 2.05) is 18.2 Å². The molecule has 1 aromatic rings. The average Bonchev–Trinajstić information content (AvgIpc) is 2.64. The molecule has 0 atom stereocenters. The molecule has 1 amide bonds. The molecule has 154 valence electrons. The van der Waals surface area contributed by atoms with Gasteiger partial charge in [0.05, 0.1) is 0 Å². The molecule has 0 heterocycles. The summed E-state index contributed by atoms with van der Waals surface area (Å²) in [7, 11) is 1.80. The van der Waals surface area contributed by atoms with Gasteiger partial charge in [-0.25, -0.2) is 0 Å². The van der Waals surface area contributed by atoms with Crippen molar-refractivity contribution in [2.75, 3.05) is 18.9 Å². The Morgan fingerprint density at radius 1 is 1.18 bits per heavy atom. The highest BCUT2D eigenvalue weighted by atomic mass is 127. The molecule has 1 saturated carbocycles. The number of anilines is 1. The maximum Gasteiger partial charge on any atom is 0.227 e. The Labute approximate surface area is 185 Å². The Bertz CT molecular complexity index is 698. The molecule has 0 aromatic heterocycles. The van der Waals surface area contributed by atoms with E-state index in [4.69, 9.17) is 0 Å². The molecule has 2 aliphatic rings. The normalized spacial score (nSPS) is 17.0. The van der Waals surface area contributed by atoms with E-state index >= 15 is 0 Å². The molecular weight excluding hydrogens is 463 g/mol. The van der Waals surface area contributed by atoms with E-state index in [0.29, 0.717) is 6.54 Å². The lowest BCUT2D eigenvalue weighted by molar-refractivity contribution is -0.122. The number of hydrogen-bond acceptors (Lipinski definition) is 2. The molecule has 0 saturated heterocycles. The van der Waals surface area contributed by atoms with Gasteiger partial charge in [-0.05, 0) is 62.6 Å². The van der Waals surface area contributed by atoms with Crippen LogP contribution in [0.2, 0.25) is 0 Å². The number of guanidine groups is 1. The van der Waals surface area contributed by atoms with E-state index in [1.165, 1.54) is 32.1 Å². The van der Waals surface area contributed by atoms with Gasteiger partial charge in [-0.1, -0.05) is 30.2 Å². The highest BCUT2D eigenvalue weighted by Crippen LogP contribution is 2.27. The third-order valence-corrected chi connectivity index (χ3v) is 5.48. The molecular formula is C22H33IN4O. The Morgan fingerprint density at radius 3 is 2.71 bits per heavy atom. The van der Waals surface area contributed by atoms with Gasteiger partial charge < -0.3 is 16.0 Å². The summed E-state index contributed by atoms with van der Waals surface area (Å²) in [6, 6.07) is 8.03. The Morgan fingerprint density at radius 2 is 2.04 bits per heavy atom. The Hall–Kier alpha value is -1.57. The second-order valence-corrected chi connectivity index (χ2v) is 7.53. The molecule has 2 aliphatic carbocycles. The van der Waals surface area contributed by atoms with Crippen molar-refractivity contribution in [3.63, 3.8) is 0 Å². The van der Waals surface area contributed by atoms with E-state index in [-0.39, 0.29) is 35.8 Å². The zero-order chi connectivity index (χ0) is 18.9. The third kappa shape index (κ3) is 7.11. The number of carbonyl (C=O) groups is 1. The number of hydrogen-bond donors (Lipinski definition) is 3. The van der Waals surface area contributed by atoms with Gasteiger partial charge in [0.1, 0.15) is 0 Å². The zero-order valence-electron chi connectivity index (χ0n) is 16.8. The minimum Gasteiger partial charge on any atom is -0.356 e. The molecule has 5 nitrogen and oxygen atoms in total. The zero-order valence-corrected chi connectivity index (χ0v) is 19.1. The fraction of sp³-hybridized carbons (Fsp3) is 0.545. The highest BCUT2D eigenvalue weighted by Gasteiger charge is 2.25. The molecule has 6 heteroatoms. The first-order valence-corrected chi connectivity index (χ1v) is 10.3. The summed E-state index contributed by atoms with van der Waals surface area (Å²) in [6.45, 7) is 1.58. The highest BCUT2D eigenvalue weighted by molar-refractivity contribution is 14.0. The van der Waals surface area contributed by atoms with Gasteiger partial charge >= 0.3 is 0 Å². The average molecular weight is 496 g/mol. The van der Waals surface area contributed by atoms with Gasteiger partial charge in [0, 0.05) is 31.7 Å². The minimum absolute atomic E-state index is 0. The van der Waals surface area contributed by atoms with Crippen LogP contribution in [0.5, 0.6) is 0 Å². The van der Waals surface area contributed by atoms with Crippen molar-refractivity contribution in [2.45, 2.75) is 57.9 Å². The van der Waals surface area contributed by atoms with Crippen LogP contribution in [0, 0.1) is 5.92 Å². The maximum absolute atomic E-state index is 12.1. The summed E-state index contributed by atoms with van der Waals surface area (Å²) >= 11 is 0. The number of halogens is 1. The molecule has 0 bridgehead atoms. The first-order valence-electron chi connectivity index (χ1n) is 10.3. The maximum atomic E-state index is 12.1. The first kappa shape index (κ1) is 22.7. The van der Waals surface area contributed by atoms with Crippen molar-refractivity contribution in [3.8, 4) is 0 Å². The summed E-state index contributed by atoms with van der Waals surface area (Å²) in [6.07, 6.45) is 11.8. The van der Waals surface area contributed by atoms with E-state index in [1.54, 1.807) is 12.6 Å². The van der Waals surface area contributed by atoms with E-state index in [2.05, 4.69) is 33.1 Å². The molecule has 0 radical (unpaired) electrons. The molecule has 28 heavy (non-hydrogen) atoms. The second kappa shape index (κ2) is 12.1. The lowest BCUT2D eigenvalue weighted by atomic mass is 9.85. The van der Waals surface area contributed by atoms with Crippen LogP contribution in [0.3, 0.4) is 0 Å². The smallest absolute Gasteiger partial charge is 0.227 e. The predicted octanol–water partition coefficient (Wildman–Crippen LogP) is 4.60. The van der Waals surface area contributed by atoms with Crippen LogP contribution in [-0.2, 0) is 11.3 Å². The fourth-order valence-corrected chi connectivity index (χ4v) is 3.55. The standard InChI is InChI=1S/C22H32N4O.HI/c1-23-22(24-14-13-17-7-3-2-4-8-17)25-16-18-9-5-12-20(15-18)26-21(27)19-10-6-11-19;/h5,7,9,12,15,19H,2-4,6,8,10-11,13-14,16H2,1H3,(H,26,27)(H2,23,24,25);1H. The van der Waals surface area contributed by atoms with Crippen LogP contribution in [0.15, 0.2) is 40.9 Å². The Balaban J connectivity index is 0.00000280. The van der Waals surface area contributed by atoms with E-state index < -0.39 is 0 Å². The predicted molar refractivity (Wildman–Crippen MR) is 127 cm³/mol. The minimum atomic E-state index is 0. The van der Waals surface area contributed by atoms with Crippen LogP contribution in [-0.4, -0.2) is 25.5 Å². The monoisotopic (exact) mass is 496 g/mol. The van der Waals surface area contributed by atoms with Crippen LogP contribution in [0.4, 0.5) is 5.69 Å². The fourth-order valence-electron chi connectivity index (χ4n) is 3.55. The Kier molecular flexibility index (Phi) is 9.81. The lowest BCUT2D eigenvalue weighted by Gasteiger charge is -2.24. The SMILES string of the molecule is CN=C(NCCC1=CCCCC1)NCc1cccc(NC(=O)C2CCC2)c1.I.